The monoisotopic (exact) mass is 251 g/mol. The molecule has 18 heavy (non-hydrogen) atoms. The molecule has 5 heteroatoms. The maximum absolute atomic E-state index is 11.4. The Kier molecular flexibility index (Phi) is 5.70. The number of carboxylic acids is 1. The summed E-state index contributed by atoms with van der Waals surface area (Å²) in [4.78, 5) is 22.3. The van der Waals surface area contributed by atoms with Crippen molar-refractivity contribution in [2.75, 3.05) is 18.5 Å². The Hall–Kier alpha value is -2.04. The first-order valence-electron chi connectivity index (χ1n) is 5.83. The summed E-state index contributed by atoms with van der Waals surface area (Å²) >= 11 is 0. The molecule has 0 aliphatic rings. The quantitative estimate of drug-likeness (QED) is 0.570. The molecule has 0 spiro atoms. The van der Waals surface area contributed by atoms with Crippen molar-refractivity contribution in [2.45, 2.75) is 13.3 Å². The minimum Gasteiger partial charge on any atom is -0.481 e. The second kappa shape index (κ2) is 7.32. The van der Waals surface area contributed by atoms with Crippen LogP contribution in [-0.2, 0) is 14.3 Å². The molecule has 0 aliphatic carbocycles. The highest BCUT2D eigenvalue weighted by Crippen LogP contribution is 2.09. The van der Waals surface area contributed by atoms with E-state index in [4.69, 9.17) is 9.84 Å². The average molecular weight is 251 g/mol. The minimum absolute atomic E-state index is 0.189. The second-order valence-electron chi connectivity index (χ2n) is 3.72. The molecule has 0 saturated heterocycles. The van der Waals surface area contributed by atoms with Gasteiger partial charge in [0.25, 0.3) is 0 Å². The maximum Gasteiger partial charge on any atom is 0.320 e. The van der Waals surface area contributed by atoms with Crippen LogP contribution in [0.1, 0.15) is 13.3 Å². The zero-order chi connectivity index (χ0) is 13.4. The van der Waals surface area contributed by atoms with Crippen LogP contribution in [0.3, 0.4) is 0 Å². The van der Waals surface area contributed by atoms with Crippen LogP contribution < -0.4 is 5.32 Å². The van der Waals surface area contributed by atoms with Crippen LogP contribution in [0.5, 0.6) is 0 Å². The van der Waals surface area contributed by atoms with Gasteiger partial charge in [0, 0.05) is 12.2 Å². The molecule has 0 fully saturated rings. The van der Waals surface area contributed by atoms with Crippen LogP contribution >= 0.6 is 0 Å². The maximum atomic E-state index is 11.4. The summed E-state index contributed by atoms with van der Waals surface area (Å²) in [5.41, 5.74) is 0.894. The first kappa shape index (κ1) is 14.0. The van der Waals surface area contributed by atoms with Crippen molar-refractivity contribution < 1.29 is 19.4 Å². The van der Waals surface area contributed by atoms with E-state index in [1.807, 2.05) is 30.3 Å². The summed E-state index contributed by atoms with van der Waals surface area (Å²) in [5.74, 6) is -2.94. The molecule has 0 radical (unpaired) electrons. The smallest absolute Gasteiger partial charge is 0.320 e. The SMILES string of the molecule is CCOC(=O)C(CCNc1ccccc1)C(=O)O. The van der Waals surface area contributed by atoms with Gasteiger partial charge < -0.3 is 15.2 Å². The highest BCUT2D eigenvalue weighted by Gasteiger charge is 2.26. The number of carboxylic acid groups (broad SMARTS) is 1. The van der Waals surface area contributed by atoms with E-state index in [1.54, 1.807) is 6.92 Å². The van der Waals surface area contributed by atoms with Gasteiger partial charge in [-0.25, -0.2) is 0 Å². The first-order valence-corrected chi connectivity index (χ1v) is 5.83. The standard InChI is InChI=1S/C13H17NO4/c1-2-18-13(17)11(12(15)16)8-9-14-10-6-4-3-5-7-10/h3-7,11,14H,2,8-9H2,1H3,(H,15,16). The number of benzene rings is 1. The molecule has 0 saturated carbocycles. The molecule has 1 unspecified atom stereocenters. The van der Waals surface area contributed by atoms with Gasteiger partial charge in [0.2, 0.25) is 0 Å². The highest BCUT2D eigenvalue weighted by molar-refractivity contribution is 5.93. The van der Waals surface area contributed by atoms with Gasteiger partial charge in [-0.1, -0.05) is 18.2 Å². The van der Waals surface area contributed by atoms with Crippen LogP contribution in [0, 0.1) is 5.92 Å². The predicted molar refractivity (Wildman–Crippen MR) is 67.3 cm³/mol. The Morgan fingerprint density at radius 3 is 2.56 bits per heavy atom. The van der Waals surface area contributed by atoms with Crippen LogP contribution in [0.15, 0.2) is 30.3 Å². The van der Waals surface area contributed by atoms with Crippen molar-refractivity contribution in [3.8, 4) is 0 Å². The van der Waals surface area contributed by atoms with Gasteiger partial charge in [0.1, 0.15) is 0 Å². The molecule has 0 aliphatic heterocycles. The normalized spacial score (nSPS) is 11.6. The van der Waals surface area contributed by atoms with Crippen molar-refractivity contribution in [1.82, 2.24) is 0 Å². The topological polar surface area (TPSA) is 75.6 Å². The largest absolute Gasteiger partial charge is 0.481 e. The molecule has 0 amide bonds. The molecule has 0 bridgehead atoms. The van der Waals surface area contributed by atoms with Crippen LogP contribution in [0.2, 0.25) is 0 Å². The lowest BCUT2D eigenvalue weighted by Crippen LogP contribution is -2.28. The number of anilines is 1. The van der Waals surface area contributed by atoms with E-state index in [9.17, 15) is 9.59 Å². The number of aliphatic carboxylic acids is 1. The second-order valence-corrected chi connectivity index (χ2v) is 3.72. The van der Waals surface area contributed by atoms with Crippen LogP contribution in [0.25, 0.3) is 0 Å². The Labute approximate surface area is 106 Å². The predicted octanol–water partition coefficient (Wildman–Crippen LogP) is 1.75. The van der Waals surface area contributed by atoms with Gasteiger partial charge in [-0.05, 0) is 25.5 Å². The molecule has 1 atom stereocenters. The summed E-state index contributed by atoms with van der Waals surface area (Å²) in [5, 5.41) is 12.0. The number of ether oxygens (including phenoxy) is 1. The van der Waals surface area contributed by atoms with E-state index in [2.05, 4.69) is 5.32 Å². The third-order valence-corrected chi connectivity index (χ3v) is 2.41. The van der Waals surface area contributed by atoms with Crippen molar-refractivity contribution in [1.29, 1.82) is 0 Å². The molecular formula is C13H17NO4. The third-order valence-electron chi connectivity index (χ3n) is 2.41. The summed E-state index contributed by atoms with van der Waals surface area (Å²) in [6.45, 7) is 2.24. The van der Waals surface area contributed by atoms with Crippen molar-refractivity contribution in [3.63, 3.8) is 0 Å². The lowest BCUT2D eigenvalue weighted by Gasteiger charge is -2.12. The third kappa shape index (κ3) is 4.45. The molecular weight excluding hydrogens is 234 g/mol. The Morgan fingerprint density at radius 1 is 1.33 bits per heavy atom. The van der Waals surface area contributed by atoms with Gasteiger partial charge in [0.15, 0.2) is 5.92 Å². The zero-order valence-electron chi connectivity index (χ0n) is 10.3. The number of carbonyl (C=O) groups is 2. The number of esters is 1. The number of carbonyl (C=O) groups excluding carboxylic acids is 1. The Bertz CT molecular complexity index is 391. The summed E-state index contributed by atoms with van der Waals surface area (Å²) < 4.78 is 4.72. The lowest BCUT2D eigenvalue weighted by atomic mass is 10.1. The van der Waals surface area contributed by atoms with Crippen molar-refractivity contribution in [3.05, 3.63) is 30.3 Å². The fourth-order valence-corrected chi connectivity index (χ4v) is 1.50. The number of nitrogens with one attached hydrogen (secondary N) is 1. The average Bonchev–Trinajstić information content (AvgIpc) is 2.35. The van der Waals surface area contributed by atoms with E-state index in [0.29, 0.717) is 6.54 Å². The summed E-state index contributed by atoms with van der Waals surface area (Å²) in [6, 6.07) is 9.40. The Morgan fingerprint density at radius 2 is 2.00 bits per heavy atom. The van der Waals surface area contributed by atoms with Crippen LogP contribution in [-0.4, -0.2) is 30.2 Å². The van der Waals surface area contributed by atoms with Crippen molar-refractivity contribution in [2.24, 2.45) is 5.92 Å². The van der Waals surface area contributed by atoms with Gasteiger partial charge in [-0.2, -0.15) is 0 Å². The van der Waals surface area contributed by atoms with E-state index < -0.39 is 17.9 Å². The van der Waals surface area contributed by atoms with E-state index in [-0.39, 0.29) is 13.0 Å². The summed E-state index contributed by atoms with van der Waals surface area (Å²) in [6.07, 6.45) is 0.197. The van der Waals surface area contributed by atoms with Gasteiger partial charge in [-0.3, -0.25) is 9.59 Å². The molecule has 1 rings (SSSR count). The first-order chi connectivity index (χ1) is 8.65. The van der Waals surface area contributed by atoms with Crippen molar-refractivity contribution >= 4 is 17.6 Å². The molecule has 1 aromatic carbocycles. The fraction of sp³-hybridized carbons (Fsp3) is 0.385. The van der Waals surface area contributed by atoms with Gasteiger partial charge in [-0.15, -0.1) is 0 Å². The summed E-state index contributed by atoms with van der Waals surface area (Å²) in [7, 11) is 0. The van der Waals surface area contributed by atoms with Gasteiger partial charge in [0.05, 0.1) is 6.61 Å². The van der Waals surface area contributed by atoms with E-state index in [0.717, 1.165) is 5.69 Å². The molecule has 5 nitrogen and oxygen atoms in total. The Balaban J connectivity index is 2.43. The molecule has 98 valence electrons. The zero-order valence-corrected chi connectivity index (χ0v) is 10.3. The number of hydrogen-bond acceptors (Lipinski definition) is 4. The van der Waals surface area contributed by atoms with Crippen LogP contribution in [0.4, 0.5) is 5.69 Å². The highest BCUT2D eigenvalue weighted by atomic mass is 16.5. The minimum atomic E-state index is -1.15. The molecule has 0 aromatic heterocycles. The lowest BCUT2D eigenvalue weighted by molar-refractivity contribution is -0.158. The number of hydrogen-bond donors (Lipinski definition) is 2. The molecule has 1 aromatic rings. The van der Waals surface area contributed by atoms with Gasteiger partial charge >= 0.3 is 11.9 Å². The molecule has 0 heterocycles. The fourth-order valence-electron chi connectivity index (χ4n) is 1.50. The number of para-hydroxylation sites is 1. The van der Waals surface area contributed by atoms with E-state index in [1.165, 1.54) is 0 Å². The van der Waals surface area contributed by atoms with E-state index >= 15 is 0 Å². The molecule has 2 N–H and O–H groups in total. The number of rotatable bonds is 7.